The van der Waals surface area contributed by atoms with Gasteiger partial charge in [-0.25, -0.2) is 0 Å². The van der Waals surface area contributed by atoms with Gasteiger partial charge in [-0.05, 0) is 49.6 Å². The second-order valence-electron chi connectivity index (χ2n) is 6.90. The first-order chi connectivity index (χ1) is 7.85. The van der Waals surface area contributed by atoms with Crippen LogP contribution in [0.5, 0.6) is 0 Å². The van der Waals surface area contributed by atoms with Crippen molar-refractivity contribution < 1.29 is 5.11 Å². The fourth-order valence-electron chi connectivity index (χ4n) is 1.88. The van der Waals surface area contributed by atoms with Crippen LogP contribution in [-0.4, -0.2) is 24.8 Å². The van der Waals surface area contributed by atoms with E-state index >= 15 is 0 Å². The first kappa shape index (κ1) is 16.9. The Bertz CT molecular complexity index is 172. The molecule has 17 heavy (non-hydrogen) atoms. The monoisotopic (exact) mass is 243 g/mol. The lowest BCUT2D eigenvalue weighted by Crippen LogP contribution is -2.28. The predicted octanol–water partition coefficient (Wildman–Crippen LogP) is 3.45. The van der Waals surface area contributed by atoms with Crippen LogP contribution in [-0.2, 0) is 0 Å². The van der Waals surface area contributed by atoms with Crippen LogP contribution in [0.3, 0.4) is 0 Å². The van der Waals surface area contributed by atoms with Gasteiger partial charge >= 0.3 is 0 Å². The van der Waals surface area contributed by atoms with E-state index in [9.17, 15) is 5.11 Å². The van der Waals surface area contributed by atoms with E-state index in [0.29, 0.717) is 17.9 Å². The van der Waals surface area contributed by atoms with Gasteiger partial charge in [-0.3, -0.25) is 0 Å². The summed E-state index contributed by atoms with van der Waals surface area (Å²) >= 11 is 0. The lowest BCUT2D eigenvalue weighted by Gasteiger charge is -2.19. The van der Waals surface area contributed by atoms with Crippen LogP contribution in [0.2, 0.25) is 0 Å². The molecule has 0 amide bonds. The number of nitrogens with one attached hydrogen (secondary N) is 1. The first-order valence-electron chi connectivity index (χ1n) is 7.16. The minimum Gasteiger partial charge on any atom is -0.396 e. The Balaban J connectivity index is 3.50. The highest BCUT2D eigenvalue weighted by Gasteiger charge is 2.10. The Kier molecular flexibility index (Phi) is 8.89. The Hall–Kier alpha value is -0.0800. The fraction of sp³-hybridized carbons (Fsp3) is 1.00. The van der Waals surface area contributed by atoms with Gasteiger partial charge in [0.15, 0.2) is 0 Å². The smallest absolute Gasteiger partial charge is 0.0459 e. The van der Waals surface area contributed by atoms with Gasteiger partial charge in [-0.1, -0.05) is 41.0 Å². The molecular weight excluding hydrogens is 210 g/mol. The maximum atomic E-state index is 9.30. The van der Waals surface area contributed by atoms with Crippen molar-refractivity contribution in [3.8, 4) is 0 Å². The first-order valence-corrected chi connectivity index (χ1v) is 7.16. The van der Waals surface area contributed by atoms with Crippen molar-refractivity contribution in [1.29, 1.82) is 0 Å². The second kappa shape index (κ2) is 8.93. The lowest BCUT2D eigenvalue weighted by atomic mass is 9.94. The molecule has 0 saturated heterocycles. The molecule has 0 aromatic heterocycles. The molecule has 2 N–H and O–H groups in total. The van der Waals surface area contributed by atoms with Crippen LogP contribution in [0.1, 0.15) is 60.3 Å². The highest BCUT2D eigenvalue weighted by molar-refractivity contribution is 4.66. The number of aliphatic hydroxyl groups excluding tert-OH is 1. The average Bonchev–Trinajstić information content (AvgIpc) is 2.20. The van der Waals surface area contributed by atoms with Gasteiger partial charge in [-0.2, -0.15) is 0 Å². The number of rotatable bonds is 9. The normalized spacial score (nSPS) is 14.3. The summed E-state index contributed by atoms with van der Waals surface area (Å²) in [6, 6.07) is 0. The minimum atomic E-state index is 0.353. The summed E-state index contributed by atoms with van der Waals surface area (Å²) < 4.78 is 0. The molecule has 0 aromatic rings. The molecule has 0 aliphatic carbocycles. The van der Waals surface area contributed by atoms with Gasteiger partial charge in [-0.15, -0.1) is 0 Å². The van der Waals surface area contributed by atoms with Crippen LogP contribution in [0.15, 0.2) is 0 Å². The van der Waals surface area contributed by atoms with Crippen LogP contribution < -0.4 is 5.32 Å². The van der Waals surface area contributed by atoms with Gasteiger partial charge in [0.1, 0.15) is 0 Å². The van der Waals surface area contributed by atoms with E-state index in [0.717, 1.165) is 25.4 Å². The van der Waals surface area contributed by atoms with Crippen molar-refractivity contribution in [2.24, 2.45) is 17.3 Å². The molecule has 2 nitrogen and oxygen atoms in total. The number of hydrogen-bond donors (Lipinski definition) is 2. The van der Waals surface area contributed by atoms with Crippen LogP contribution in [0.25, 0.3) is 0 Å². The largest absolute Gasteiger partial charge is 0.396 e. The van der Waals surface area contributed by atoms with E-state index in [-0.39, 0.29) is 0 Å². The van der Waals surface area contributed by atoms with Crippen LogP contribution >= 0.6 is 0 Å². The second-order valence-corrected chi connectivity index (χ2v) is 6.90. The van der Waals surface area contributed by atoms with Crippen molar-refractivity contribution in [1.82, 2.24) is 5.32 Å². The van der Waals surface area contributed by atoms with Gasteiger partial charge in [0, 0.05) is 6.61 Å². The standard InChI is InChI=1S/C15H33NO/c1-13(2)8-9-14(11-17)7-6-10-16-12-15(3,4)5/h13-14,16-17H,6-12H2,1-5H3/t14-/m1/s1. The van der Waals surface area contributed by atoms with E-state index < -0.39 is 0 Å². The highest BCUT2D eigenvalue weighted by atomic mass is 16.3. The Morgan fingerprint density at radius 2 is 1.71 bits per heavy atom. The molecule has 0 aliphatic rings. The van der Waals surface area contributed by atoms with Crippen LogP contribution in [0.4, 0.5) is 0 Å². The van der Waals surface area contributed by atoms with E-state index in [2.05, 4.69) is 39.9 Å². The third-order valence-corrected chi connectivity index (χ3v) is 3.03. The zero-order valence-electron chi connectivity index (χ0n) is 12.6. The molecule has 0 radical (unpaired) electrons. The Morgan fingerprint density at radius 1 is 1.06 bits per heavy atom. The third kappa shape index (κ3) is 12.2. The lowest BCUT2D eigenvalue weighted by molar-refractivity contribution is 0.201. The maximum absolute atomic E-state index is 9.30. The van der Waals surface area contributed by atoms with Gasteiger partial charge < -0.3 is 10.4 Å². The quantitative estimate of drug-likeness (QED) is 0.608. The Morgan fingerprint density at radius 3 is 2.18 bits per heavy atom. The third-order valence-electron chi connectivity index (χ3n) is 3.03. The summed E-state index contributed by atoms with van der Waals surface area (Å²) in [5, 5.41) is 12.8. The molecule has 104 valence electrons. The zero-order valence-corrected chi connectivity index (χ0v) is 12.6. The van der Waals surface area contributed by atoms with Crippen molar-refractivity contribution in [2.75, 3.05) is 19.7 Å². The molecule has 0 unspecified atom stereocenters. The summed E-state index contributed by atoms with van der Waals surface area (Å²) in [5.41, 5.74) is 0.369. The molecule has 0 aliphatic heterocycles. The highest BCUT2D eigenvalue weighted by Crippen LogP contribution is 2.16. The summed E-state index contributed by atoms with van der Waals surface area (Å²) in [5.74, 6) is 1.26. The molecule has 1 atom stereocenters. The molecule has 0 saturated carbocycles. The molecule has 0 aromatic carbocycles. The summed E-state index contributed by atoms with van der Waals surface area (Å²) in [6.07, 6.45) is 4.74. The maximum Gasteiger partial charge on any atom is 0.0459 e. The van der Waals surface area contributed by atoms with E-state index in [1.807, 2.05) is 0 Å². The molecule has 0 bridgehead atoms. The van der Waals surface area contributed by atoms with Crippen molar-refractivity contribution in [3.63, 3.8) is 0 Å². The van der Waals surface area contributed by atoms with Crippen molar-refractivity contribution in [3.05, 3.63) is 0 Å². The van der Waals surface area contributed by atoms with Crippen LogP contribution in [0, 0.1) is 17.3 Å². The zero-order chi connectivity index (χ0) is 13.3. The molecule has 2 heteroatoms. The SMILES string of the molecule is CC(C)CC[C@H](CO)CCCNCC(C)(C)C. The van der Waals surface area contributed by atoms with Crippen molar-refractivity contribution >= 4 is 0 Å². The van der Waals surface area contributed by atoms with E-state index in [1.165, 1.54) is 19.3 Å². The minimum absolute atomic E-state index is 0.353. The Labute approximate surface area is 108 Å². The average molecular weight is 243 g/mol. The molecular formula is C15H33NO. The summed E-state index contributed by atoms with van der Waals surface area (Å²) in [7, 11) is 0. The molecule has 0 spiro atoms. The van der Waals surface area contributed by atoms with Gasteiger partial charge in [0.2, 0.25) is 0 Å². The van der Waals surface area contributed by atoms with Gasteiger partial charge in [0.25, 0.3) is 0 Å². The van der Waals surface area contributed by atoms with Crippen molar-refractivity contribution in [2.45, 2.75) is 60.3 Å². The molecule has 0 fully saturated rings. The summed E-state index contributed by atoms with van der Waals surface area (Å²) in [6.45, 7) is 13.8. The molecule has 0 heterocycles. The number of aliphatic hydroxyl groups is 1. The predicted molar refractivity (Wildman–Crippen MR) is 76.2 cm³/mol. The topological polar surface area (TPSA) is 32.3 Å². The van der Waals surface area contributed by atoms with E-state index in [1.54, 1.807) is 0 Å². The van der Waals surface area contributed by atoms with Gasteiger partial charge in [0.05, 0.1) is 0 Å². The van der Waals surface area contributed by atoms with E-state index in [4.69, 9.17) is 0 Å². The molecule has 0 rings (SSSR count). The fourth-order valence-corrected chi connectivity index (χ4v) is 1.88. The number of hydrogen-bond acceptors (Lipinski definition) is 2. The summed E-state index contributed by atoms with van der Waals surface area (Å²) in [4.78, 5) is 0.